The molecular formula is C12H15FN6OS. The van der Waals surface area contributed by atoms with Crippen molar-refractivity contribution < 1.29 is 9.18 Å². The van der Waals surface area contributed by atoms with Gasteiger partial charge in [0.05, 0.1) is 12.3 Å². The van der Waals surface area contributed by atoms with Crippen LogP contribution in [0.25, 0.3) is 0 Å². The summed E-state index contributed by atoms with van der Waals surface area (Å²) in [6.45, 7) is 1.06. The van der Waals surface area contributed by atoms with Crippen LogP contribution in [0.1, 0.15) is 5.56 Å². The molecule has 1 amide bonds. The third-order valence-electron chi connectivity index (χ3n) is 2.61. The van der Waals surface area contributed by atoms with E-state index in [0.29, 0.717) is 23.8 Å². The van der Waals surface area contributed by atoms with Gasteiger partial charge in [-0.3, -0.25) is 4.79 Å². The summed E-state index contributed by atoms with van der Waals surface area (Å²) in [7, 11) is 0. The van der Waals surface area contributed by atoms with Gasteiger partial charge in [-0.15, -0.1) is 5.10 Å². The predicted octanol–water partition coefficient (Wildman–Crippen LogP) is 0.179. The zero-order valence-corrected chi connectivity index (χ0v) is 12.0. The molecule has 3 N–H and O–H groups in total. The first-order chi connectivity index (χ1) is 10.2. The van der Waals surface area contributed by atoms with Gasteiger partial charge in [0.25, 0.3) is 0 Å². The summed E-state index contributed by atoms with van der Waals surface area (Å²) in [4.78, 5) is 11.7. The number of rotatable bonds is 7. The number of hydrogen-bond acceptors (Lipinski definition) is 6. The zero-order chi connectivity index (χ0) is 15.1. The molecule has 0 fully saturated rings. The molecule has 1 aromatic heterocycles. The Kier molecular flexibility index (Phi) is 5.64. The molecule has 0 saturated carbocycles. The summed E-state index contributed by atoms with van der Waals surface area (Å²) >= 11 is 1.21. The number of tetrazole rings is 1. The summed E-state index contributed by atoms with van der Waals surface area (Å²) in [5, 5.41) is 14.3. The Morgan fingerprint density at radius 3 is 3.00 bits per heavy atom. The maximum absolute atomic E-state index is 13.4. The van der Waals surface area contributed by atoms with Gasteiger partial charge in [0.15, 0.2) is 0 Å². The number of benzene rings is 1. The molecule has 1 heterocycles. The summed E-state index contributed by atoms with van der Waals surface area (Å²) < 4.78 is 14.9. The zero-order valence-electron chi connectivity index (χ0n) is 11.2. The topological polar surface area (TPSA) is 98.7 Å². The highest BCUT2D eigenvalue weighted by molar-refractivity contribution is 7.99. The average molecular weight is 310 g/mol. The van der Waals surface area contributed by atoms with Crippen LogP contribution in [-0.2, 0) is 17.9 Å². The van der Waals surface area contributed by atoms with Crippen LogP contribution in [0.5, 0.6) is 0 Å². The van der Waals surface area contributed by atoms with Crippen molar-refractivity contribution in [1.29, 1.82) is 0 Å². The second kappa shape index (κ2) is 7.70. The van der Waals surface area contributed by atoms with Crippen molar-refractivity contribution in [3.63, 3.8) is 0 Å². The molecule has 9 heteroatoms. The summed E-state index contributed by atoms with van der Waals surface area (Å²) in [5.41, 5.74) is 5.88. The summed E-state index contributed by atoms with van der Waals surface area (Å²) in [5.74, 6) is -0.401. The monoisotopic (exact) mass is 310 g/mol. The van der Waals surface area contributed by atoms with E-state index in [0.717, 1.165) is 0 Å². The van der Waals surface area contributed by atoms with Gasteiger partial charge in [0.1, 0.15) is 5.82 Å². The van der Waals surface area contributed by atoms with E-state index in [1.54, 1.807) is 18.2 Å². The van der Waals surface area contributed by atoms with Crippen molar-refractivity contribution in [3.8, 4) is 0 Å². The summed E-state index contributed by atoms with van der Waals surface area (Å²) in [6, 6.07) is 6.32. The van der Waals surface area contributed by atoms with Crippen LogP contribution in [0, 0.1) is 5.82 Å². The highest BCUT2D eigenvalue weighted by atomic mass is 32.2. The van der Waals surface area contributed by atoms with Crippen molar-refractivity contribution in [2.45, 2.75) is 18.2 Å². The maximum atomic E-state index is 13.4. The van der Waals surface area contributed by atoms with E-state index >= 15 is 0 Å². The van der Waals surface area contributed by atoms with Crippen molar-refractivity contribution in [3.05, 3.63) is 35.6 Å². The lowest BCUT2D eigenvalue weighted by molar-refractivity contribution is -0.118. The highest BCUT2D eigenvalue weighted by Crippen LogP contribution is 2.13. The van der Waals surface area contributed by atoms with Crippen LogP contribution in [0.4, 0.5) is 4.39 Å². The number of carbonyl (C=O) groups is 1. The molecule has 7 nitrogen and oxygen atoms in total. The minimum atomic E-state index is -0.336. The Morgan fingerprint density at radius 2 is 2.24 bits per heavy atom. The second-order valence-electron chi connectivity index (χ2n) is 4.13. The van der Waals surface area contributed by atoms with Crippen LogP contribution >= 0.6 is 11.8 Å². The summed E-state index contributed by atoms with van der Waals surface area (Å²) in [6.07, 6.45) is 0. The van der Waals surface area contributed by atoms with E-state index in [9.17, 15) is 9.18 Å². The van der Waals surface area contributed by atoms with E-state index in [4.69, 9.17) is 5.73 Å². The first-order valence-corrected chi connectivity index (χ1v) is 7.28. The molecule has 0 bridgehead atoms. The molecule has 2 aromatic rings. The predicted molar refractivity (Wildman–Crippen MR) is 75.8 cm³/mol. The van der Waals surface area contributed by atoms with Gasteiger partial charge in [0, 0.05) is 18.7 Å². The number of halogens is 1. The fourth-order valence-corrected chi connectivity index (χ4v) is 2.31. The Hall–Kier alpha value is -2.00. The number of nitrogens with two attached hydrogens (primary N) is 1. The molecule has 0 unspecified atom stereocenters. The molecule has 2 rings (SSSR count). The van der Waals surface area contributed by atoms with Gasteiger partial charge in [-0.2, -0.15) is 0 Å². The van der Waals surface area contributed by atoms with Crippen LogP contribution < -0.4 is 11.1 Å². The fraction of sp³-hybridized carbons (Fsp3) is 0.333. The number of nitrogens with one attached hydrogen (secondary N) is 1. The molecule has 0 aliphatic rings. The lowest BCUT2D eigenvalue weighted by atomic mass is 10.2. The number of amides is 1. The van der Waals surface area contributed by atoms with Crippen LogP contribution in [0.2, 0.25) is 0 Å². The smallest absolute Gasteiger partial charge is 0.230 e. The second-order valence-corrected chi connectivity index (χ2v) is 5.07. The van der Waals surface area contributed by atoms with Gasteiger partial charge < -0.3 is 11.1 Å². The standard InChI is InChI=1S/C12H15FN6OS/c13-10-4-2-1-3-9(10)7-15-11(20)8-21-12-16-17-18-19(12)6-5-14/h1-4H,5-8,14H2,(H,15,20). The van der Waals surface area contributed by atoms with Gasteiger partial charge in [-0.1, -0.05) is 30.0 Å². The maximum Gasteiger partial charge on any atom is 0.230 e. The SMILES string of the molecule is NCCn1nnnc1SCC(=O)NCc1ccccc1F. The fourth-order valence-electron chi connectivity index (χ4n) is 1.58. The average Bonchev–Trinajstić information content (AvgIpc) is 2.92. The van der Waals surface area contributed by atoms with E-state index in [1.165, 1.54) is 22.5 Å². The molecule has 0 aliphatic carbocycles. The first-order valence-electron chi connectivity index (χ1n) is 6.30. The normalized spacial score (nSPS) is 10.6. The Labute approximate surface area is 125 Å². The Morgan fingerprint density at radius 1 is 1.43 bits per heavy atom. The quantitative estimate of drug-likeness (QED) is 0.708. The van der Waals surface area contributed by atoms with Gasteiger partial charge in [0.2, 0.25) is 11.1 Å². The number of thioether (sulfide) groups is 1. The van der Waals surface area contributed by atoms with Crippen LogP contribution in [0.3, 0.4) is 0 Å². The minimum Gasteiger partial charge on any atom is -0.351 e. The lowest BCUT2D eigenvalue weighted by Gasteiger charge is -2.06. The number of nitrogens with zero attached hydrogens (tertiary/aromatic N) is 4. The molecule has 0 aliphatic heterocycles. The molecular weight excluding hydrogens is 295 g/mol. The largest absolute Gasteiger partial charge is 0.351 e. The van der Waals surface area contributed by atoms with Crippen molar-refractivity contribution in [1.82, 2.24) is 25.5 Å². The highest BCUT2D eigenvalue weighted by Gasteiger charge is 2.10. The van der Waals surface area contributed by atoms with E-state index in [-0.39, 0.29) is 24.0 Å². The van der Waals surface area contributed by atoms with Crippen molar-refractivity contribution in [2.24, 2.45) is 5.73 Å². The molecule has 0 atom stereocenters. The molecule has 112 valence electrons. The lowest BCUT2D eigenvalue weighted by Crippen LogP contribution is -2.25. The third kappa shape index (κ3) is 4.50. The van der Waals surface area contributed by atoms with E-state index in [2.05, 4.69) is 20.8 Å². The van der Waals surface area contributed by atoms with E-state index < -0.39 is 0 Å². The molecule has 21 heavy (non-hydrogen) atoms. The molecule has 0 spiro atoms. The third-order valence-corrected chi connectivity index (χ3v) is 3.56. The number of carbonyl (C=O) groups excluding carboxylic acids is 1. The molecule has 0 radical (unpaired) electrons. The Bertz CT molecular complexity index is 605. The molecule has 1 aromatic carbocycles. The minimum absolute atomic E-state index is 0.152. The van der Waals surface area contributed by atoms with Gasteiger partial charge in [-0.05, 0) is 16.5 Å². The van der Waals surface area contributed by atoms with Crippen molar-refractivity contribution in [2.75, 3.05) is 12.3 Å². The van der Waals surface area contributed by atoms with E-state index in [1.807, 2.05) is 0 Å². The molecule has 0 saturated heterocycles. The van der Waals surface area contributed by atoms with Crippen LogP contribution in [-0.4, -0.2) is 38.4 Å². The number of hydrogen-bond donors (Lipinski definition) is 2. The number of aromatic nitrogens is 4. The van der Waals surface area contributed by atoms with Gasteiger partial charge in [-0.25, -0.2) is 9.07 Å². The first kappa shape index (κ1) is 15.4. The van der Waals surface area contributed by atoms with Crippen LogP contribution in [0.15, 0.2) is 29.4 Å². The Balaban J connectivity index is 1.80. The van der Waals surface area contributed by atoms with Crippen molar-refractivity contribution >= 4 is 17.7 Å². The van der Waals surface area contributed by atoms with Gasteiger partial charge >= 0.3 is 0 Å².